The zero-order valence-electron chi connectivity index (χ0n) is 61.8. The first-order valence-corrected chi connectivity index (χ1v) is 38.6. The van der Waals surface area contributed by atoms with Gasteiger partial charge in [0.1, 0.15) is 13.2 Å². The molecule has 0 aromatic heterocycles. The van der Waals surface area contributed by atoms with E-state index < -0.39 is 24.3 Å². The molecule has 0 aliphatic rings. The fraction of sp³-hybridized carbons (Fsp3) is 0.663. The van der Waals surface area contributed by atoms with Crippen LogP contribution in [0.25, 0.3) is 0 Å². The van der Waals surface area contributed by atoms with Gasteiger partial charge in [-0.25, -0.2) is 4.79 Å². The van der Waals surface area contributed by atoms with E-state index in [2.05, 4.69) is 172 Å². The van der Waals surface area contributed by atoms with Crippen molar-refractivity contribution >= 4 is 17.9 Å². The minimum absolute atomic E-state index is 0.181. The van der Waals surface area contributed by atoms with Gasteiger partial charge in [0.05, 0.1) is 34.4 Å². The zero-order chi connectivity index (χ0) is 69.0. The van der Waals surface area contributed by atoms with Crippen molar-refractivity contribution in [1.29, 1.82) is 0 Å². The van der Waals surface area contributed by atoms with Gasteiger partial charge in [0.2, 0.25) is 0 Å². The lowest BCUT2D eigenvalue weighted by Crippen LogP contribution is -2.40. The summed E-state index contributed by atoms with van der Waals surface area (Å²) >= 11 is 0. The van der Waals surface area contributed by atoms with Crippen molar-refractivity contribution in [2.75, 3.05) is 47.5 Å². The first-order valence-electron chi connectivity index (χ1n) is 38.6. The Morgan fingerprint density at radius 1 is 0.316 bits per heavy atom. The molecule has 0 radical (unpaired) electrons. The van der Waals surface area contributed by atoms with E-state index >= 15 is 0 Å². The highest BCUT2D eigenvalue weighted by Crippen LogP contribution is 2.18. The van der Waals surface area contributed by atoms with Crippen LogP contribution in [0.4, 0.5) is 0 Å². The molecular formula is C86H144NO8+. The van der Waals surface area contributed by atoms with Crippen molar-refractivity contribution in [3.05, 3.63) is 158 Å². The monoisotopic (exact) mass is 1320 g/mol. The third kappa shape index (κ3) is 76.1. The first kappa shape index (κ1) is 89.9. The summed E-state index contributed by atoms with van der Waals surface area (Å²) in [5, 5.41) is 9.77. The number of aliphatic carboxylic acids is 1. The quantitative estimate of drug-likeness (QED) is 0.0211. The number of hydrogen-bond donors (Lipinski definition) is 1. The standard InChI is InChI=1S/C86H143NO8/c1-6-8-10-12-14-16-18-20-22-24-26-28-30-32-34-36-38-40-41-42-43-45-47-49-51-53-55-57-59-61-63-65-67-69-71-73-75-77-84(89)95-82(81-94-86(85(90)91)92-79-78-87(3,4)5)80-93-83(88)76-74-72-70-68-66-64-62-60-58-56-54-52-50-48-46-44-39-37-35-33-31-29-27-25-23-21-19-17-15-13-11-9-7-2/h8-11,14-17,20-23,26-29,32,34,38,40,42-43,47,49,53,55,82,86H,6-7,12-13,18-19,24-25,30-31,33,35-37,39,41,44-46,48,50-52,54,56-81H2,1-5H3/p+1/b10-8-,11-9-,16-14-,17-15-,22-20-,23-21-,28-26-,29-27-,34-32-,40-38-,43-42-,49-47-,55-53-. The third-order valence-electron chi connectivity index (χ3n) is 16.3. The van der Waals surface area contributed by atoms with Gasteiger partial charge in [0, 0.05) is 12.8 Å². The first-order chi connectivity index (χ1) is 46.6. The average molecular weight is 1320 g/mol. The molecule has 0 rings (SSSR count). The smallest absolute Gasteiger partial charge is 0.361 e. The molecule has 0 aliphatic heterocycles. The summed E-state index contributed by atoms with van der Waals surface area (Å²) in [5.74, 6) is -2.01. The van der Waals surface area contributed by atoms with Gasteiger partial charge in [-0.1, -0.05) is 332 Å². The normalized spacial score (nSPS) is 13.6. The number of carboxylic acid groups (broad SMARTS) is 1. The number of rotatable bonds is 70. The molecule has 2 atom stereocenters. The lowest BCUT2D eigenvalue weighted by atomic mass is 10.0. The Morgan fingerprint density at radius 3 is 0.842 bits per heavy atom. The van der Waals surface area contributed by atoms with Crippen LogP contribution in [0.5, 0.6) is 0 Å². The van der Waals surface area contributed by atoms with Crippen LogP contribution in [0.3, 0.4) is 0 Å². The molecule has 0 heterocycles. The Labute approximate surface area is 584 Å². The van der Waals surface area contributed by atoms with Gasteiger partial charge in [0.15, 0.2) is 6.10 Å². The van der Waals surface area contributed by atoms with Crippen LogP contribution in [0.1, 0.15) is 309 Å². The third-order valence-corrected chi connectivity index (χ3v) is 16.3. The van der Waals surface area contributed by atoms with E-state index in [1.807, 2.05) is 21.1 Å². The number of carboxylic acids is 1. The number of unbranched alkanes of at least 4 members (excludes halogenated alkanes) is 29. The molecule has 1 N–H and O–H groups in total. The summed E-state index contributed by atoms with van der Waals surface area (Å²) in [4.78, 5) is 37.7. The van der Waals surface area contributed by atoms with Crippen molar-refractivity contribution < 1.29 is 42.9 Å². The lowest BCUT2D eigenvalue weighted by molar-refractivity contribution is -0.870. The molecule has 540 valence electrons. The van der Waals surface area contributed by atoms with Gasteiger partial charge in [-0.2, -0.15) is 0 Å². The molecule has 0 saturated heterocycles. The maximum Gasteiger partial charge on any atom is 0.361 e. The second-order valence-electron chi connectivity index (χ2n) is 26.6. The number of quaternary nitrogens is 1. The van der Waals surface area contributed by atoms with E-state index in [4.69, 9.17) is 18.9 Å². The molecule has 0 spiro atoms. The van der Waals surface area contributed by atoms with Crippen LogP contribution in [0.2, 0.25) is 0 Å². The largest absolute Gasteiger partial charge is 0.477 e. The van der Waals surface area contributed by atoms with Crippen LogP contribution in [-0.4, -0.2) is 87.4 Å². The number of likely N-dealkylation sites (N-methyl/N-ethyl adjacent to an activating group) is 1. The van der Waals surface area contributed by atoms with Crippen molar-refractivity contribution in [3.8, 4) is 0 Å². The second-order valence-corrected chi connectivity index (χ2v) is 26.6. The van der Waals surface area contributed by atoms with Gasteiger partial charge in [-0.15, -0.1) is 0 Å². The number of esters is 2. The summed E-state index contributed by atoms with van der Waals surface area (Å²) in [5.41, 5.74) is 0. The number of allylic oxidation sites excluding steroid dienone is 26. The maximum atomic E-state index is 13.0. The molecule has 0 aromatic carbocycles. The highest BCUT2D eigenvalue weighted by Gasteiger charge is 2.25. The predicted molar refractivity (Wildman–Crippen MR) is 410 cm³/mol. The SMILES string of the molecule is CC/C=C\C/C=C\C/C=C\C/C=C\C/C=C\C/C=C\C/C=C\C/C=C\C/C=C\CCCCCCCCCCCC(=O)OC(COC(=O)CCCCCCCCCCCCCCCCCCCCCC/C=C\C/C=C\C/C=C\C/C=C\CC)COC(OCC[N+](C)(C)C)C(=O)O. The van der Waals surface area contributed by atoms with E-state index in [0.29, 0.717) is 23.9 Å². The number of hydrogen-bond acceptors (Lipinski definition) is 7. The Bertz CT molecular complexity index is 2130. The molecule has 0 saturated carbocycles. The van der Waals surface area contributed by atoms with Gasteiger partial charge >= 0.3 is 17.9 Å². The molecule has 0 amide bonds. The molecular weight excluding hydrogens is 1170 g/mol. The van der Waals surface area contributed by atoms with E-state index in [1.54, 1.807) is 0 Å². The van der Waals surface area contributed by atoms with Crippen molar-refractivity contribution in [1.82, 2.24) is 0 Å². The Kier molecular flexibility index (Phi) is 70.7. The summed E-state index contributed by atoms with van der Waals surface area (Å²) in [7, 11) is 5.98. The molecule has 0 aromatic rings. The van der Waals surface area contributed by atoms with E-state index in [9.17, 15) is 19.5 Å². The van der Waals surface area contributed by atoms with E-state index in [0.717, 1.165) is 128 Å². The topological polar surface area (TPSA) is 108 Å². The van der Waals surface area contributed by atoms with Crippen molar-refractivity contribution in [3.63, 3.8) is 0 Å². The molecule has 0 fully saturated rings. The van der Waals surface area contributed by atoms with Gasteiger partial charge in [-0.05, 0) is 122 Å². The molecule has 0 bridgehead atoms. The maximum absolute atomic E-state index is 13.0. The van der Waals surface area contributed by atoms with Gasteiger partial charge < -0.3 is 28.5 Å². The van der Waals surface area contributed by atoms with Gasteiger partial charge in [-0.3, -0.25) is 9.59 Å². The summed E-state index contributed by atoms with van der Waals surface area (Å²) < 4.78 is 23.0. The highest BCUT2D eigenvalue weighted by atomic mass is 16.7. The minimum Gasteiger partial charge on any atom is -0.477 e. The molecule has 9 nitrogen and oxygen atoms in total. The summed E-state index contributed by atoms with van der Waals surface area (Å²) in [6, 6.07) is 0. The second kappa shape index (κ2) is 74.7. The van der Waals surface area contributed by atoms with Crippen LogP contribution in [0.15, 0.2) is 158 Å². The van der Waals surface area contributed by atoms with Crippen LogP contribution in [0, 0.1) is 0 Å². The average Bonchev–Trinajstić information content (AvgIpc) is 3.75. The molecule has 9 heteroatoms. The zero-order valence-corrected chi connectivity index (χ0v) is 61.8. The molecule has 95 heavy (non-hydrogen) atoms. The predicted octanol–water partition coefficient (Wildman–Crippen LogP) is 24.8. The highest BCUT2D eigenvalue weighted by molar-refractivity contribution is 5.71. The van der Waals surface area contributed by atoms with Crippen molar-refractivity contribution in [2.45, 2.75) is 322 Å². The Hall–Kier alpha value is -5.09. The summed E-state index contributed by atoms with van der Waals surface area (Å²) in [6.45, 7) is 4.66. The molecule has 0 aliphatic carbocycles. The minimum atomic E-state index is -1.52. The number of carbonyl (C=O) groups excluding carboxylic acids is 2. The van der Waals surface area contributed by atoms with Gasteiger partial charge in [0.25, 0.3) is 6.29 Å². The fourth-order valence-electron chi connectivity index (χ4n) is 10.5. The van der Waals surface area contributed by atoms with Crippen LogP contribution < -0.4 is 0 Å². The number of ether oxygens (including phenoxy) is 4. The molecule has 2 unspecified atom stereocenters. The van der Waals surface area contributed by atoms with Crippen LogP contribution >= 0.6 is 0 Å². The van der Waals surface area contributed by atoms with E-state index in [-0.39, 0.29) is 32.2 Å². The summed E-state index contributed by atoms with van der Waals surface area (Å²) in [6.07, 6.45) is 108. The van der Waals surface area contributed by atoms with E-state index in [1.165, 1.54) is 148 Å². The lowest BCUT2D eigenvalue weighted by Gasteiger charge is -2.25. The Balaban J connectivity index is 4.11. The number of carbonyl (C=O) groups is 3. The fourth-order valence-corrected chi connectivity index (χ4v) is 10.5. The Morgan fingerprint density at radius 2 is 0.568 bits per heavy atom. The van der Waals surface area contributed by atoms with Crippen molar-refractivity contribution in [2.24, 2.45) is 0 Å². The van der Waals surface area contributed by atoms with Crippen LogP contribution in [-0.2, 0) is 33.3 Å². The number of nitrogens with zero attached hydrogens (tertiary/aromatic N) is 1.